The number of aromatic nitrogens is 2. The number of para-hydroxylation sites is 1. The Hall–Kier alpha value is -3.13. The topological polar surface area (TPSA) is 75.4 Å². The highest BCUT2D eigenvalue weighted by Gasteiger charge is 2.30. The molecule has 1 aromatic heterocycles. The Balaban J connectivity index is 1.58. The molecule has 1 unspecified atom stereocenters. The molecule has 0 spiro atoms. The normalized spacial score (nSPS) is 15.4. The van der Waals surface area contributed by atoms with Crippen molar-refractivity contribution in [2.45, 2.75) is 24.5 Å². The highest BCUT2D eigenvalue weighted by atomic mass is 32.2. The first-order chi connectivity index (χ1) is 14.0. The van der Waals surface area contributed by atoms with E-state index in [1.165, 1.54) is 35.0 Å². The summed E-state index contributed by atoms with van der Waals surface area (Å²) < 4.78 is 14.7. The van der Waals surface area contributed by atoms with Crippen LogP contribution < -0.4 is 4.90 Å². The summed E-state index contributed by atoms with van der Waals surface area (Å²) in [6, 6.07) is 13.4. The third-order valence-corrected chi connectivity index (χ3v) is 5.77. The van der Waals surface area contributed by atoms with Crippen LogP contribution in [0.25, 0.3) is 5.69 Å². The molecular weight excluding hydrogens is 393 g/mol. The number of nitrogens with zero attached hydrogens (tertiary/aromatic N) is 3. The molecule has 8 heteroatoms. The van der Waals surface area contributed by atoms with Crippen molar-refractivity contribution < 1.29 is 19.1 Å². The zero-order chi connectivity index (χ0) is 20.5. The number of rotatable bonds is 5. The van der Waals surface area contributed by atoms with Gasteiger partial charge in [0.15, 0.2) is 10.9 Å². The fourth-order valence-electron chi connectivity index (χ4n) is 3.57. The number of carbonyl (C=O) groups is 2. The molecule has 1 amide bonds. The van der Waals surface area contributed by atoms with Crippen LogP contribution in [0.5, 0.6) is 0 Å². The second-order valence-electron chi connectivity index (χ2n) is 6.78. The fraction of sp³-hybridized carbons (Fsp3) is 0.190. The number of thioether (sulfide) groups is 1. The molecule has 3 aromatic rings. The summed E-state index contributed by atoms with van der Waals surface area (Å²) in [5, 5.41) is 9.83. The molecule has 1 N–H and O–H groups in total. The monoisotopic (exact) mass is 411 g/mol. The Morgan fingerprint density at radius 1 is 1.21 bits per heavy atom. The van der Waals surface area contributed by atoms with Gasteiger partial charge in [-0.25, -0.2) is 14.2 Å². The first kappa shape index (κ1) is 19.2. The average molecular weight is 411 g/mol. The molecule has 2 heterocycles. The quantitative estimate of drug-likeness (QED) is 0.647. The lowest BCUT2D eigenvalue weighted by atomic mass is 10.1. The van der Waals surface area contributed by atoms with Crippen molar-refractivity contribution in [2.75, 3.05) is 10.7 Å². The molecule has 0 fully saturated rings. The van der Waals surface area contributed by atoms with Gasteiger partial charge in [-0.1, -0.05) is 30.0 Å². The maximum atomic E-state index is 13.3. The van der Waals surface area contributed by atoms with Gasteiger partial charge in [-0.15, -0.1) is 0 Å². The maximum Gasteiger partial charge on any atom is 0.354 e. The van der Waals surface area contributed by atoms with Crippen molar-refractivity contribution in [1.82, 2.24) is 9.55 Å². The molecule has 0 saturated heterocycles. The van der Waals surface area contributed by atoms with E-state index in [9.17, 15) is 19.1 Å². The summed E-state index contributed by atoms with van der Waals surface area (Å²) in [7, 11) is 0. The number of hydrogen-bond acceptors (Lipinski definition) is 4. The van der Waals surface area contributed by atoms with Crippen molar-refractivity contribution >= 4 is 29.3 Å². The summed E-state index contributed by atoms with van der Waals surface area (Å²) in [4.78, 5) is 30.5. The fourth-order valence-corrected chi connectivity index (χ4v) is 4.42. The van der Waals surface area contributed by atoms with E-state index in [0.29, 0.717) is 10.8 Å². The molecule has 1 atom stereocenters. The number of hydrogen-bond donors (Lipinski definition) is 1. The molecule has 0 saturated carbocycles. The molecule has 29 heavy (non-hydrogen) atoms. The standard InChI is InChI=1S/C21H18FN3O3S/c1-13-10-14-4-2-3-5-17(14)24(13)19(26)12-29-21-23-11-18(20(27)28)25(21)16-8-6-15(22)7-9-16/h2-9,11,13H,10,12H2,1H3,(H,27,28). The molecule has 0 radical (unpaired) electrons. The number of halogens is 1. The number of fused-ring (bicyclic) bond motifs is 1. The third-order valence-electron chi connectivity index (χ3n) is 4.83. The van der Waals surface area contributed by atoms with Gasteiger partial charge in [-0.05, 0) is 49.2 Å². The minimum absolute atomic E-state index is 0.0496. The number of benzene rings is 2. The lowest BCUT2D eigenvalue weighted by Crippen LogP contribution is -2.37. The molecular formula is C21H18FN3O3S. The number of imidazole rings is 1. The summed E-state index contributed by atoms with van der Waals surface area (Å²) >= 11 is 1.16. The molecule has 148 valence electrons. The largest absolute Gasteiger partial charge is 0.477 e. The Bertz CT molecular complexity index is 1080. The second-order valence-corrected chi connectivity index (χ2v) is 7.72. The minimum atomic E-state index is -1.15. The Morgan fingerprint density at radius 3 is 2.66 bits per heavy atom. The molecule has 0 aliphatic carbocycles. The van der Waals surface area contributed by atoms with Crippen LogP contribution in [0, 0.1) is 5.82 Å². The number of aromatic carboxylic acids is 1. The molecule has 1 aliphatic rings. The predicted molar refractivity (Wildman–Crippen MR) is 108 cm³/mol. The molecule has 1 aliphatic heterocycles. The first-order valence-corrected chi connectivity index (χ1v) is 10.0. The van der Waals surface area contributed by atoms with Crippen molar-refractivity contribution in [3.63, 3.8) is 0 Å². The SMILES string of the molecule is CC1Cc2ccccc2N1C(=O)CSc1ncc(C(=O)O)n1-c1ccc(F)cc1. The van der Waals surface area contributed by atoms with Crippen LogP contribution in [0.4, 0.5) is 10.1 Å². The second kappa shape index (κ2) is 7.71. The van der Waals surface area contributed by atoms with E-state index in [4.69, 9.17) is 0 Å². The van der Waals surface area contributed by atoms with Crippen LogP contribution >= 0.6 is 11.8 Å². The van der Waals surface area contributed by atoms with Gasteiger partial charge in [0.2, 0.25) is 5.91 Å². The molecule has 6 nitrogen and oxygen atoms in total. The van der Waals surface area contributed by atoms with Crippen molar-refractivity contribution in [3.8, 4) is 5.69 Å². The van der Waals surface area contributed by atoms with Crippen LogP contribution in [0.1, 0.15) is 23.0 Å². The van der Waals surface area contributed by atoms with Gasteiger partial charge in [-0.3, -0.25) is 9.36 Å². The van der Waals surface area contributed by atoms with E-state index in [2.05, 4.69) is 4.98 Å². The number of anilines is 1. The average Bonchev–Trinajstić information content (AvgIpc) is 3.27. The van der Waals surface area contributed by atoms with E-state index in [0.717, 1.165) is 29.4 Å². The molecule has 4 rings (SSSR count). The number of amides is 1. The number of carboxylic acid groups (broad SMARTS) is 1. The lowest BCUT2D eigenvalue weighted by Gasteiger charge is -2.22. The van der Waals surface area contributed by atoms with Gasteiger partial charge in [0, 0.05) is 17.4 Å². The zero-order valence-corrected chi connectivity index (χ0v) is 16.4. The van der Waals surface area contributed by atoms with Crippen LogP contribution in [0.15, 0.2) is 59.9 Å². The maximum absolute atomic E-state index is 13.3. The van der Waals surface area contributed by atoms with Crippen molar-refractivity contribution in [2.24, 2.45) is 0 Å². The van der Waals surface area contributed by atoms with Gasteiger partial charge in [0.1, 0.15) is 5.82 Å². The van der Waals surface area contributed by atoms with E-state index in [1.54, 1.807) is 4.90 Å². The van der Waals surface area contributed by atoms with E-state index in [-0.39, 0.29) is 23.4 Å². The zero-order valence-electron chi connectivity index (χ0n) is 15.6. The Labute approximate surface area is 171 Å². The first-order valence-electron chi connectivity index (χ1n) is 9.05. The van der Waals surface area contributed by atoms with Crippen LogP contribution in [-0.2, 0) is 11.2 Å². The number of carbonyl (C=O) groups excluding carboxylic acids is 1. The van der Waals surface area contributed by atoms with Gasteiger partial charge >= 0.3 is 5.97 Å². The van der Waals surface area contributed by atoms with Gasteiger partial charge in [0.25, 0.3) is 0 Å². The Kier molecular flexibility index (Phi) is 5.10. The lowest BCUT2D eigenvalue weighted by molar-refractivity contribution is -0.116. The highest BCUT2D eigenvalue weighted by Crippen LogP contribution is 2.33. The van der Waals surface area contributed by atoms with Crippen LogP contribution in [0.2, 0.25) is 0 Å². The number of carboxylic acids is 1. The molecule has 2 aromatic carbocycles. The summed E-state index contributed by atoms with van der Waals surface area (Å²) in [5.74, 6) is -1.53. The van der Waals surface area contributed by atoms with E-state index < -0.39 is 11.8 Å². The molecule has 0 bridgehead atoms. The van der Waals surface area contributed by atoms with Gasteiger partial charge in [-0.2, -0.15) is 0 Å². The smallest absolute Gasteiger partial charge is 0.354 e. The third kappa shape index (κ3) is 3.63. The van der Waals surface area contributed by atoms with E-state index in [1.807, 2.05) is 31.2 Å². The summed E-state index contributed by atoms with van der Waals surface area (Å²) in [6.07, 6.45) is 2.05. The Morgan fingerprint density at radius 2 is 1.93 bits per heavy atom. The highest BCUT2D eigenvalue weighted by molar-refractivity contribution is 7.99. The van der Waals surface area contributed by atoms with Crippen molar-refractivity contribution in [3.05, 3.63) is 71.8 Å². The van der Waals surface area contributed by atoms with Gasteiger partial charge < -0.3 is 10.0 Å². The predicted octanol–water partition coefficient (Wildman–Crippen LogP) is 3.78. The van der Waals surface area contributed by atoms with Crippen molar-refractivity contribution in [1.29, 1.82) is 0 Å². The minimum Gasteiger partial charge on any atom is -0.477 e. The summed E-state index contributed by atoms with van der Waals surface area (Å²) in [5.41, 5.74) is 2.47. The summed E-state index contributed by atoms with van der Waals surface area (Å²) in [6.45, 7) is 2.00. The van der Waals surface area contributed by atoms with Gasteiger partial charge in [0.05, 0.1) is 11.9 Å². The van der Waals surface area contributed by atoms with Crippen LogP contribution in [-0.4, -0.2) is 38.3 Å². The van der Waals surface area contributed by atoms with E-state index >= 15 is 0 Å². The van der Waals surface area contributed by atoms with Crippen LogP contribution in [0.3, 0.4) is 0 Å².